The molecule has 2 aromatic rings. The zero-order valence-corrected chi connectivity index (χ0v) is 18.4. The van der Waals surface area contributed by atoms with Gasteiger partial charge >= 0.3 is 0 Å². The second kappa shape index (κ2) is 8.69. The summed E-state index contributed by atoms with van der Waals surface area (Å²) in [4.78, 5) is 21.3. The van der Waals surface area contributed by atoms with Gasteiger partial charge in [0, 0.05) is 58.7 Å². The molecule has 1 amide bonds. The Bertz CT molecular complexity index is 1110. The molecule has 10 heteroatoms. The number of aromatic nitrogens is 2. The van der Waals surface area contributed by atoms with E-state index in [4.69, 9.17) is 0 Å². The average molecular weight is 443 g/mol. The molecule has 0 atom stereocenters. The molecule has 0 spiro atoms. The van der Waals surface area contributed by atoms with Crippen LogP contribution in [0.15, 0.2) is 35.5 Å². The number of piperazine rings is 1. The number of rotatable bonds is 4. The molecule has 2 aromatic heterocycles. The first-order valence-corrected chi connectivity index (χ1v) is 11.9. The zero-order chi connectivity index (χ0) is 22.0. The van der Waals surface area contributed by atoms with Crippen LogP contribution < -0.4 is 4.90 Å². The van der Waals surface area contributed by atoms with Crippen LogP contribution in [0, 0.1) is 11.3 Å². The van der Waals surface area contributed by atoms with Gasteiger partial charge in [-0.15, -0.1) is 0 Å². The molecule has 2 fully saturated rings. The Morgan fingerprint density at radius 1 is 1.10 bits per heavy atom. The number of hydrogen-bond donors (Lipinski definition) is 0. The minimum Gasteiger partial charge on any atom is -0.352 e. The van der Waals surface area contributed by atoms with Gasteiger partial charge < -0.3 is 14.4 Å². The van der Waals surface area contributed by atoms with Crippen molar-refractivity contribution in [2.75, 3.05) is 44.2 Å². The van der Waals surface area contributed by atoms with E-state index in [1.165, 1.54) is 16.6 Å². The predicted molar refractivity (Wildman–Crippen MR) is 115 cm³/mol. The number of amides is 1. The summed E-state index contributed by atoms with van der Waals surface area (Å²) < 4.78 is 29.0. The number of pyridine rings is 1. The summed E-state index contributed by atoms with van der Waals surface area (Å²) in [6.07, 6.45) is 5.96. The molecule has 0 saturated carbocycles. The molecule has 9 nitrogen and oxygen atoms in total. The molecule has 31 heavy (non-hydrogen) atoms. The van der Waals surface area contributed by atoms with Crippen LogP contribution in [0.4, 0.5) is 5.82 Å². The lowest BCUT2D eigenvalue weighted by molar-refractivity contribution is 0.0737. The Hall–Kier alpha value is -2.90. The van der Waals surface area contributed by atoms with Crippen LogP contribution in [0.5, 0.6) is 0 Å². The van der Waals surface area contributed by atoms with E-state index in [0.717, 1.165) is 19.3 Å². The number of nitriles is 1. The van der Waals surface area contributed by atoms with Crippen LogP contribution in [0.2, 0.25) is 0 Å². The van der Waals surface area contributed by atoms with E-state index in [2.05, 4.69) is 11.1 Å². The van der Waals surface area contributed by atoms with Gasteiger partial charge in [-0.2, -0.15) is 9.57 Å². The minimum absolute atomic E-state index is 0.172. The zero-order valence-electron chi connectivity index (χ0n) is 17.6. The molecule has 4 heterocycles. The summed E-state index contributed by atoms with van der Waals surface area (Å²) in [6, 6.07) is 7.11. The topological polar surface area (TPSA) is 103 Å². The molecule has 2 saturated heterocycles. The predicted octanol–water partition coefficient (Wildman–Crippen LogP) is 1.43. The van der Waals surface area contributed by atoms with E-state index in [1.807, 2.05) is 4.90 Å². The summed E-state index contributed by atoms with van der Waals surface area (Å²) in [7, 11) is -1.89. The lowest BCUT2D eigenvalue weighted by Crippen LogP contribution is -2.49. The van der Waals surface area contributed by atoms with Gasteiger partial charge in [-0.25, -0.2) is 13.4 Å². The highest BCUT2D eigenvalue weighted by molar-refractivity contribution is 7.89. The van der Waals surface area contributed by atoms with Crippen molar-refractivity contribution in [1.29, 1.82) is 5.26 Å². The highest BCUT2D eigenvalue weighted by atomic mass is 32.2. The van der Waals surface area contributed by atoms with Crippen molar-refractivity contribution >= 4 is 21.7 Å². The number of carbonyl (C=O) groups excluding carboxylic acids is 1. The number of anilines is 1. The Kier molecular flexibility index (Phi) is 5.98. The first-order valence-electron chi connectivity index (χ1n) is 10.5. The monoisotopic (exact) mass is 442 g/mol. The Labute approximate surface area is 182 Å². The van der Waals surface area contributed by atoms with Crippen LogP contribution in [0.25, 0.3) is 0 Å². The summed E-state index contributed by atoms with van der Waals surface area (Å²) in [5, 5.41) is 9.29. The highest BCUT2D eigenvalue weighted by Gasteiger charge is 2.30. The normalized spacial score (nSPS) is 18.1. The fourth-order valence-electron chi connectivity index (χ4n) is 4.16. The van der Waals surface area contributed by atoms with Crippen molar-refractivity contribution in [1.82, 2.24) is 18.8 Å². The molecule has 0 aromatic carbocycles. The highest BCUT2D eigenvalue weighted by Crippen LogP contribution is 2.24. The summed E-state index contributed by atoms with van der Waals surface area (Å²) in [6.45, 7) is 3.11. The molecular formula is C21H26N6O3S. The quantitative estimate of drug-likeness (QED) is 0.710. The summed E-state index contributed by atoms with van der Waals surface area (Å²) >= 11 is 0. The molecule has 4 rings (SSSR count). The number of aryl methyl sites for hydroxylation is 1. The SMILES string of the molecule is Cn1cc(S(=O)(=O)N2CCCCC2)cc1C(=O)N1CCN(c2ncccc2C#N)CC1. The van der Waals surface area contributed by atoms with E-state index in [9.17, 15) is 18.5 Å². The number of sulfonamides is 1. The first kappa shape index (κ1) is 21.3. The van der Waals surface area contributed by atoms with E-state index < -0.39 is 10.0 Å². The van der Waals surface area contributed by atoms with Crippen molar-refractivity contribution in [2.24, 2.45) is 7.05 Å². The molecule has 2 aliphatic heterocycles. The van der Waals surface area contributed by atoms with Crippen molar-refractivity contribution in [3.8, 4) is 6.07 Å². The first-order chi connectivity index (χ1) is 14.9. The van der Waals surface area contributed by atoms with Crippen LogP contribution in [0.3, 0.4) is 0 Å². The van der Waals surface area contributed by atoms with Gasteiger partial charge in [0.2, 0.25) is 10.0 Å². The Morgan fingerprint density at radius 2 is 1.81 bits per heavy atom. The standard InChI is InChI=1S/C21H26N6O3S/c1-24-16-18(31(29,30)27-8-3-2-4-9-27)14-19(24)21(28)26-12-10-25(11-13-26)20-17(15-22)6-5-7-23-20/h5-7,14,16H,2-4,8-13H2,1H3. The smallest absolute Gasteiger partial charge is 0.270 e. The third-order valence-electron chi connectivity index (χ3n) is 5.93. The molecular weight excluding hydrogens is 416 g/mol. The maximum absolute atomic E-state index is 13.1. The summed E-state index contributed by atoms with van der Waals surface area (Å²) in [5.74, 6) is 0.439. The number of nitrogens with zero attached hydrogens (tertiary/aromatic N) is 6. The van der Waals surface area contributed by atoms with Crippen molar-refractivity contribution in [3.63, 3.8) is 0 Å². The van der Waals surface area contributed by atoms with E-state index in [0.29, 0.717) is 56.3 Å². The maximum atomic E-state index is 13.1. The molecule has 164 valence electrons. The average Bonchev–Trinajstić information content (AvgIpc) is 3.21. The van der Waals surface area contributed by atoms with Gasteiger partial charge in [0.05, 0.1) is 5.56 Å². The Balaban J connectivity index is 1.47. The van der Waals surface area contributed by atoms with Gasteiger partial charge in [0.15, 0.2) is 0 Å². The fraction of sp³-hybridized carbons (Fsp3) is 0.476. The third kappa shape index (κ3) is 4.16. The minimum atomic E-state index is -3.59. The molecule has 0 aliphatic carbocycles. The van der Waals surface area contributed by atoms with Gasteiger partial charge in [-0.1, -0.05) is 6.42 Å². The Morgan fingerprint density at radius 3 is 2.48 bits per heavy atom. The largest absolute Gasteiger partial charge is 0.352 e. The fourth-order valence-corrected chi connectivity index (χ4v) is 5.75. The van der Waals surface area contributed by atoms with Gasteiger partial charge in [-0.3, -0.25) is 4.79 Å². The van der Waals surface area contributed by atoms with Crippen molar-refractivity contribution in [3.05, 3.63) is 41.9 Å². The molecule has 0 N–H and O–H groups in total. The lowest BCUT2D eigenvalue weighted by Gasteiger charge is -2.35. The van der Waals surface area contributed by atoms with Gasteiger partial charge in [-0.05, 0) is 31.0 Å². The number of hydrogen-bond acceptors (Lipinski definition) is 6. The lowest BCUT2D eigenvalue weighted by atomic mass is 10.2. The van der Waals surface area contributed by atoms with Crippen LogP contribution in [-0.4, -0.2) is 72.3 Å². The second-order valence-corrected chi connectivity index (χ2v) is 9.84. The van der Waals surface area contributed by atoms with Crippen LogP contribution in [0.1, 0.15) is 35.3 Å². The van der Waals surface area contributed by atoms with Gasteiger partial charge in [0.1, 0.15) is 22.5 Å². The number of carbonyl (C=O) groups is 1. The molecule has 0 bridgehead atoms. The third-order valence-corrected chi connectivity index (χ3v) is 7.79. The number of piperidine rings is 1. The van der Waals surface area contributed by atoms with E-state index >= 15 is 0 Å². The van der Waals surface area contributed by atoms with Crippen molar-refractivity contribution < 1.29 is 13.2 Å². The van der Waals surface area contributed by atoms with E-state index in [-0.39, 0.29) is 10.8 Å². The molecule has 0 radical (unpaired) electrons. The van der Waals surface area contributed by atoms with Crippen LogP contribution in [-0.2, 0) is 17.1 Å². The molecule has 2 aliphatic rings. The van der Waals surface area contributed by atoms with Crippen LogP contribution >= 0.6 is 0 Å². The molecule has 0 unspecified atom stereocenters. The van der Waals surface area contributed by atoms with Crippen molar-refractivity contribution in [2.45, 2.75) is 24.2 Å². The summed E-state index contributed by atoms with van der Waals surface area (Å²) in [5.41, 5.74) is 0.872. The van der Waals surface area contributed by atoms with E-state index in [1.54, 1.807) is 34.8 Å². The second-order valence-electron chi connectivity index (χ2n) is 7.90. The van der Waals surface area contributed by atoms with Gasteiger partial charge in [0.25, 0.3) is 5.91 Å². The maximum Gasteiger partial charge on any atom is 0.270 e.